The third kappa shape index (κ3) is 4.27. The van der Waals surface area contributed by atoms with Crippen LogP contribution < -0.4 is 11.1 Å². The second-order valence-corrected chi connectivity index (χ2v) is 7.07. The molecule has 0 bridgehead atoms. The molecule has 2 heterocycles. The Hall–Kier alpha value is -1.85. The molecule has 5 N–H and O–H groups in total. The summed E-state index contributed by atoms with van der Waals surface area (Å²) in [6.07, 6.45) is 4.71. The average molecular weight is 396 g/mol. The zero-order valence-corrected chi connectivity index (χ0v) is 15.4. The number of anilines is 2. The summed E-state index contributed by atoms with van der Waals surface area (Å²) in [7, 11) is 0. The topological polar surface area (TPSA) is 117 Å². The van der Waals surface area contributed by atoms with E-state index >= 15 is 0 Å². The van der Waals surface area contributed by atoms with Crippen molar-refractivity contribution in [3.05, 3.63) is 23.0 Å². The molecule has 1 aliphatic carbocycles. The van der Waals surface area contributed by atoms with Crippen molar-refractivity contribution in [3.8, 4) is 11.8 Å². The van der Waals surface area contributed by atoms with Gasteiger partial charge < -0.3 is 21.3 Å². The highest BCUT2D eigenvalue weighted by atomic mass is 35.5. The summed E-state index contributed by atoms with van der Waals surface area (Å²) in [5.74, 6) is 6.18. The van der Waals surface area contributed by atoms with E-state index in [0.717, 1.165) is 0 Å². The second kappa shape index (κ2) is 8.23. The highest BCUT2D eigenvalue weighted by Crippen LogP contribution is 2.30. The lowest BCUT2D eigenvalue weighted by atomic mass is 10.1. The minimum atomic E-state index is -0.604. The van der Waals surface area contributed by atoms with Crippen LogP contribution in [0.15, 0.2) is 17.3 Å². The molecule has 0 saturated heterocycles. The van der Waals surface area contributed by atoms with Crippen LogP contribution >= 0.6 is 23.2 Å². The first-order valence-electron chi connectivity index (χ1n) is 8.26. The molecule has 0 spiro atoms. The van der Waals surface area contributed by atoms with Gasteiger partial charge in [0, 0.05) is 12.8 Å². The predicted octanol–water partition coefficient (Wildman–Crippen LogP) is 1.78. The average Bonchev–Trinajstić information content (AvgIpc) is 2.95. The number of aromatic nitrogens is 2. The maximum atomic E-state index is 10.2. The molecule has 138 valence electrons. The summed E-state index contributed by atoms with van der Waals surface area (Å²) in [6, 6.07) is -0.277. The van der Waals surface area contributed by atoms with Crippen LogP contribution in [0.2, 0.25) is 5.15 Å². The highest BCUT2D eigenvalue weighted by molar-refractivity contribution is 6.66. The molecule has 3 rings (SSSR count). The molecule has 2 aliphatic rings. The van der Waals surface area contributed by atoms with Gasteiger partial charge in [-0.05, 0) is 25.2 Å². The van der Waals surface area contributed by atoms with Gasteiger partial charge in [0.1, 0.15) is 16.6 Å². The van der Waals surface area contributed by atoms with Crippen molar-refractivity contribution in [1.29, 1.82) is 0 Å². The van der Waals surface area contributed by atoms with Crippen LogP contribution in [0.1, 0.15) is 24.8 Å². The molecule has 2 unspecified atom stereocenters. The van der Waals surface area contributed by atoms with Gasteiger partial charge in [-0.3, -0.25) is 0 Å². The second-order valence-electron chi connectivity index (χ2n) is 6.33. The SMILES string of the molecule is Nc1nc(Cl)c(C#CC2CC=CN=C2Cl)c(NC2C[C@H](CO)C[C@H]2O)n1. The zero-order chi connectivity index (χ0) is 18.7. The number of rotatable bonds is 3. The molecule has 1 aromatic heterocycles. The molecule has 1 aromatic rings. The number of aliphatic hydroxyl groups excluding tert-OH is 2. The summed E-state index contributed by atoms with van der Waals surface area (Å²) >= 11 is 12.3. The molecule has 26 heavy (non-hydrogen) atoms. The van der Waals surface area contributed by atoms with Crippen LogP contribution in [0.25, 0.3) is 0 Å². The number of nitrogens with zero attached hydrogens (tertiary/aromatic N) is 3. The minimum absolute atomic E-state index is 0.00874. The van der Waals surface area contributed by atoms with Gasteiger partial charge >= 0.3 is 0 Å². The van der Waals surface area contributed by atoms with Crippen LogP contribution in [0, 0.1) is 23.7 Å². The molecule has 1 aliphatic heterocycles. The molecule has 7 nitrogen and oxygen atoms in total. The van der Waals surface area contributed by atoms with E-state index in [-0.39, 0.29) is 35.6 Å². The predicted molar refractivity (Wildman–Crippen MR) is 102 cm³/mol. The molecular weight excluding hydrogens is 377 g/mol. The van der Waals surface area contributed by atoms with Crippen molar-refractivity contribution in [2.75, 3.05) is 17.7 Å². The Bertz CT molecular complexity index is 802. The number of nitrogens with two attached hydrogens (primary N) is 1. The number of aliphatic hydroxyl groups is 2. The van der Waals surface area contributed by atoms with Gasteiger partial charge in [-0.2, -0.15) is 9.97 Å². The van der Waals surface area contributed by atoms with Gasteiger partial charge in [-0.1, -0.05) is 41.1 Å². The van der Waals surface area contributed by atoms with E-state index < -0.39 is 6.10 Å². The number of nitrogen functional groups attached to an aromatic ring is 1. The van der Waals surface area contributed by atoms with Gasteiger partial charge in [0.15, 0.2) is 5.15 Å². The molecular formula is C17H19Cl2N5O2. The fraction of sp³-hybridized carbons (Fsp3) is 0.471. The first-order chi connectivity index (χ1) is 12.5. The monoisotopic (exact) mass is 395 g/mol. The van der Waals surface area contributed by atoms with Crippen molar-refractivity contribution >= 4 is 40.1 Å². The summed E-state index contributed by atoms with van der Waals surface area (Å²) in [4.78, 5) is 12.2. The van der Waals surface area contributed by atoms with Crippen molar-refractivity contribution in [2.45, 2.75) is 31.4 Å². The number of hydrogen-bond acceptors (Lipinski definition) is 7. The first-order valence-corrected chi connectivity index (χ1v) is 9.01. The van der Waals surface area contributed by atoms with E-state index in [2.05, 4.69) is 32.1 Å². The zero-order valence-electron chi connectivity index (χ0n) is 13.9. The smallest absolute Gasteiger partial charge is 0.223 e. The molecule has 0 amide bonds. The molecule has 4 atom stereocenters. The summed E-state index contributed by atoms with van der Waals surface area (Å²) in [6.45, 7) is 0.0294. The maximum Gasteiger partial charge on any atom is 0.223 e. The van der Waals surface area contributed by atoms with Crippen LogP contribution in [-0.4, -0.2) is 44.1 Å². The number of nitrogens with one attached hydrogen (secondary N) is 1. The largest absolute Gasteiger partial charge is 0.396 e. The fourth-order valence-corrected chi connectivity index (χ4v) is 3.47. The Morgan fingerprint density at radius 3 is 2.81 bits per heavy atom. The van der Waals surface area contributed by atoms with Gasteiger partial charge in [-0.15, -0.1) is 0 Å². The molecule has 1 saturated carbocycles. The van der Waals surface area contributed by atoms with Gasteiger partial charge in [0.25, 0.3) is 0 Å². The lowest BCUT2D eigenvalue weighted by Crippen LogP contribution is -2.29. The maximum absolute atomic E-state index is 10.2. The fourth-order valence-electron chi connectivity index (χ4n) is 3.05. The quantitative estimate of drug-likeness (QED) is 0.457. The van der Waals surface area contributed by atoms with Gasteiger partial charge in [0.2, 0.25) is 5.95 Å². The lowest BCUT2D eigenvalue weighted by Gasteiger charge is -2.18. The van der Waals surface area contributed by atoms with Crippen LogP contribution in [0.5, 0.6) is 0 Å². The highest BCUT2D eigenvalue weighted by Gasteiger charge is 2.33. The van der Waals surface area contributed by atoms with Crippen molar-refractivity contribution in [3.63, 3.8) is 0 Å². The van der Waals surface area contributed by atoms with Crippen LogP contribution in [0.4, 0.5) is 11.8 Å². The lowest BCUT2D eigenvalue weighted by molar-refractivity contribution is 0.157. The molecule has 9 heteroatoms. The Labute approximate surface area is 161 Å². The Morgan fingerprint density at radius 2 is 2.12 bits per heavy atom. The van der Waals surface area contributed by atoms with Crippen molar-refractivity contribution < 1.29 is 10.2 Å². The standard InChI is InChI=1S/C17H19Cl2N5O2/c18-14-10(2-1-5-21-14)3-4-11-15(19)23-17(20)24-16(11)22-12-6-9(8-25)7-13(12)26/h1,5,9-10,12-13,25-26H,2,6-8H2,(H3,20,22,23,24)/t9-,10?,12?,13+/m0/s1. The number of halogens is 2. The van der Waals surface area contributed by atoms with Crippen molar-refractivity contribution in [1.82, 2.24) is 9.97 Å². The van der Waals surface area contributed by atoms with E-state index in [1.165, 1.54) is 0 Å². The first kappa shape index (κ1) is 18.9. The molecule has 0 radical (unpaired) electrons. The Morgan fingerprint density at radius 1 is 1.31 bits per heavy atom. The van der Waals surface area contributed by atoms with E-state index in [1.54, 1.807) is 6.20 Å². The third-order valence-electron chi connectivity index (χ3n) is 4.42. The van der Waals surface area contributed by atoms with E-state index in [4.69, 9.17) is 28.9 Å². The van der Waals surface area contributed by atoms with Crippen LogP contribution in [0.3, 0.4) is 0 Å². The summed E-state index contributed by atoms with van der Waals surface area (Å²) in [5.41, 5.74) is 6.09. The Balaban J connectivity index is 1.87. The Kier molecular flexibility index (Phi) is 5.99. The van der Waals surface area contributed by atoms with Crippen molar-refractivity contribution in [2.24, 2.45) is 16.8 Å². The van der Waals surface area contributed by atoms with Crippen LogP contribution in [-0.2, 0) is 0 Å². The van der Waals surface area contributed by atoms with E-state index in [1.807, 2.05) is 6.08 Å². The summed E-state index contributed by atoms with van der Waals surface area (Å²) in [5, 5.41) is 23.2. The molecule has 1 fully saturated rings. The molecule has 0 aromatic carbocycles. The number of aliphatic imine (C=N–C) groups is 1. The number of allylic oxidation sites excluding steroid dienone is 1. The normalized spacial score (nSPS) is 27.6. The van der Waals surface area contributed by atoms with E-state index in [0.29, 0.717) is 35.8 Å². The van der Waals surface area contributed by atoms with Gasteiger partial charge in [-0.25, -0.2) is 4.99 Å². The minimum Gasteiger partial charge on any atom is -0.396 e. The third-order valence-corrected chi connectivity index (χ3v) is 5.06. The van der Waals surface area contributed by atoms with Gasteiger partial charge in [0.05, 0.1) is 18.1 Å². The number of hydrogen-bond donors (Lipinski definition) is 4. The van der Waals surface area contributed by atoms with E-state index in [9.17, 15) is 10.2 Å². The summed E-state index contributed by atoms with van der Waals surface area (Å²) < 4.78 is 0.